The van der Waals surface area contributed by atoms with Crippen LogP contribution in [-0.2, 0) is 4.79 Å². The van der Waals surface area contributed by atoms with E-state index in [0.29, 0.717) is 16.6 Å². The lowest BCUT2D eigenvalue weighted by Crippen LogP contribution is -2.36. The summed E-state index contributed by atoms with van der Waals surface area (Å²) in [5.41, 5.74) is 1.67. The first-order valence-corrected chi connectivity index (χ1v) is 6.97. The second kappa shape index (κ2) is 5.69. The van der Waals surface area contributed by atoms with Crippen molar-refractivity contribution in [2.75, 3.05) is 18.0 Å². The number of hydrogen-bond donors (Lipinski definition) is 0. The van der Waals surface area contributed by atoms with Gasteiger partial charge in [-0.05, 0) is 41.8 Å². The van der Waals surface area contributed by atoms with Gasteiger partial charge in [-0.3, -0.25) is 10.1 Å². The number of nitro groups is 1. The summed E-state index contributed by atoms with van der Waals surface area (Å²) in [5, 5.41) is 10.9. The Bertz CT molecular complexity index is 519. The molecule has 5 nitrogen and oxygen atoms in total. The quantitative estimate of drug-likeness (QED) is 0.486. The van der Waals surface area contributed by atoms with Crippen molar-refractivity contribution >= 4 is 33.6 Å². The molecule has 102 valence electrons. The average Bonchev–Trinajstić information content (AvgIpc) is 2.40. The zero-order valence-electron chi connectivity index (χ0n) is 10.6. The van der Waals surface area contributed by atoms with E-state index in [1.54, 1.807) is 6.92 Å². The molecule has 6 heteroatoms. The minimum absolute atomic E-state index is 0.0520. The normalized spacial score (nSPS) is 19.3. The number of anilines is 1. The molecule has 0 amide bonds. The van der Waals surface area contributed by atoms with Crippen LogP contribution in [0.5, 0.6) is 0 Å². The van der Waals surface area contributed by atoms with Crippen molar-refractivity contribution in [1.29, 1.82) is 0 Å². The van der Waals surface area contributed by atoms with Gasteiger partial charge in [0.1, 0.15) is 6.29 Å². The summed E-state index contributed by atoms with van der Waals surface area (Å²) in [6.45, 7) is 3.29. The third-order valence-corrected chi connectivity index (χ3v) is 4.09. The predicted octanol–water partition coefficient (Wildman–Crippen LogP) is 3.08. The topological polar surface area (TPSA) is 63.5 Å². The number of aryl methyl sites for hydroxylation is 1. The van der Waals surface area contributed by atoms with Gasteiger partial charge in [0.25, 0.3) is 5.69 Å². The summed E-state index contributed by atoms with van der Waals surface area (Å²) in [7, 11) is 0. The van der Waals surface area contributed by atoms with Gasteiger partial charge in [-0.15, -0.1) is 0 Å². The lowest BCUT2D eigenvalue weighted by molar-refractivity contribution is -0.385. The number of nitro benzene ring substituents is 1. The van der Waals surface area contributed by atoms with Gasteiger partial charge < -0.3 is 9.69 Å². The van der Waals surface area contributed by atoms with E-state index >= 15 is 0 Å². The third kappa shape index (κ3) is 2.94. The Balaban J connectivity index is 2.32. The van der Waals surface area contributed by atoms with Gasteiger partial charge in [0, 0.05) is 35.1 Å². The molecule has 0 spiro atoms. The summed E-state index contributed by atoms with van der Waals surface area (Å²) in [6.07, 6.45) is 2.88. The molecule has 19 heavy (non-hydrogen) atoms. The molecule has 1 aromatic carbocycles. The van der Waals surface area contributed by atoms with E-state index in [0.717, 1.165) is 31.4 Å². The van der Waals surface area contributed by atoms with Crippen LogP contribution < -0.4 is 4.90 Å². The van der Waals surface area contributed by atoms with Crippen LogP contribution in [0.2, 0.25) is 0 Å². The van der Waals surface area contributed by atoms with Gasteiger partial charge in [0.15, 0.2) is 0 Å². The zero-order chi connectivity index (χ0) is 14.0. The first-order valence-electron chi connectivity index (χ1n) is 6.17. The molecule has 1 aliphatic heterocycles. The van der Waals surface area contributed by atoms with Crippen molar-refractivity contribution in [3.05, 3.63) is 32.3 Å². The number of benzene rings is 1. The fraction of sp³-hybridized carbons (Fsp3) is 0.462. The molecule has 1 unspecified atom stereocenters. The summed E-state index contributed by atoms with van der Waals surface area (Å²) in [6, 6.07) is 3.35. The molecule has 1 aliphatic rings. The van der Waals surface area contributed by atoms with E-state index < -0.39 is 0 Å². The van der Waals surface area contributed by atoms with Crippen LogP contribution in [-0.4, -0.2) is 24.3 Å². The highest BCUT2D eigenvalue weighted by Gasteiger charge is 2.23. The summed E-state index contributed by atoms with van der Waals surface area (Å²) < 4.78 is 0.705. The molecule has 0 aliphatic carbocycles. The first kappa shape index (κ1) is 14.0. The molecule has 1 heterocycles. The van der Waals surface area contributed by atoms with Crippen LogP contribution in [0.25, 0.3) is 0 Å². The highest BCUT2D eigenvalue weighted by molar-refractivity contribution is 9.10. The third-order valence-electron chi connectivity index (χ3n) is 3.45. The second-order valence-corrected chi connectivity index (χ2v) is 5.69. The first-order chi connectivity index (χ1) is 9.02. The highest BCUT2D eigenvalue weighted by Crippen LogP contribution is 2.34. The molecule has 1 atom stereocenters. The van der Waals surface area contributed by atoms with E-state index in [1.165, 1.54) is 6.07 Å². The SMILES string of the molecule is Cc1cc(N2CCCC(C=O)C2)c(Br)cc1[N+](=O)[O-]. The van der Waals surface area contributed by atoms with E-state index in [-0.39, 0.29) is 16.5 Å². The molecular formula is C13H15BrN2O3. The van der Waals surface area contributed by atoms with Crippen molar-refractivity contribution in [3.8, 4) is 0 Å². The Kier molecular flexibility index (Phi) is 4.19. The molecule has 0 bridgehead atoms. The van der Waals surface area contributed by atoms with Gasteiger partial charge in [-0.25, -0.2) is 0 Å². The van der Waals surface area contributed by atoms with Crippen LogP contribution in [0.15, 0.2) is 16.6 Å². The smallest absolute Gasteiger partial charge is 0.273 e. The molecule has 0 aromatic heterocycles. The van der Waals surface area contributed by atoms with Crippen LogP contribution >= 0.6 is 15.9 Å². The number of hydrogen-bond acceptors (Lipinski definition) is 4. The number of piperidine rings is 1. The maximum Gasteiger partial charge on any atom is 0.273 e. The van der Waals surface area contributed by atoms with Crippen LogP contribution in [0.4, 0.5) is 11.4 Å². The molecule has 0 radical (unpaired) electrons. The molecular weight excluding hydrogens is 312 g/mol. The molecule has 1 fully saturated rings. The Morgan fingerprint density at radius 3 is 2.89 bits per heavy atom. The number of rotatable bonds is 3. The molecule has 2 rings (SSSR count). The molecule has 1 saturated heterocycles. The summed E-state index contributed by atoms with van der Waals surface area (Å²) in [4.78, 5) is 23.5. The lowest BCUT2D eigenvalue weighted by atomic mass is 9.99. The van der Waals surface area contributed by atoms with Gasteiger partial charge >= 0.3 is 0 Å². The number of nitrogens with zero attached hydrogens (tertiary/aromatic N) is 2. The molecule has 1 aromatic rings. The van der Waals surface area contributed by atoms with E-state index in [4.69, 9.17) is 0 Å². The largest absolute Gasteiger partial charge is 0.370 e. The fourth-order valence-corrected chi connectivity index (χ4v) is 3.02. The van der Waals surface area contributed by atoms with Crippen molar-refractivity contribution in [2.45, 2.75) is 19.8 Å². The molecule has 0 saturated carbocycles. The maximum atomic E-state index is 10.9. The van der Waals surface area contributed by atoms with Crippen molar-refractivity contribution < 1.29 is 9.72 Å². The van der Waals surface area contributed by atoms with Gasteiger partial charge in [0.05, 0.1) is 10.6 Å². The van der Waals surface area contributed by atoms with Crippen molar-refractivity contribution in [2.24, 2.45) is 5.92 Å². The lowest BCUT2D eigenvalue weighted by Gasteiger charge is -2.33. The zero-order valence-corrected chi connectivity index (χ0v) is 12.2. The Morgan fingerprint density at radius 2 is 2.26 bits per heavy atom. The second-order valence-electron chi connectivity index (χ2n) is 4.83. The maximum absolute atomic E-state index is 10.9. The number of halogens is 1. The number of aldehydes is 1. The van der Waals surface area contributed by atoms with Crippen LogP contribution in [0.3, 0.4) is 0 Å². The average molecular weight is 327 g/mol. The Morgan fingerprint density at radius 1 is 1.53 bits per heavy atom. The Labute approximate surface area is 119 Å². The molecule has 0 N–H and O–H groups in total. The minimum atomic E-state index is -0.381. The van der Waals surface area contributed by atoms with Gasteiger partial charge in [-0.2, -0.15) is 0 Å². The van der Waals surface area contributed by atoms with E-state index in [2.05, 4.69) is 20.8 Å². The van der Waals surface area contributed by atoms with Crippen LogP contribution in [0.1, 0.15) is 18.4 Å². The van der Waals surface area contributed by atoms with Gasteiger partial charge in [-0.1, -0.05) is 0 Å². The standard InChI is InChI=1S/C13H15BrN2O3/c1-9-5-13(11(14)6-12(9)16(18)19)15-4-2-3-10(7-15)8-17/h5-6,8,10H,2-4,7H2,1H3. The Hall–Kier alpha value is -1.43. The number of carbonyl (C=O) groups excluding carboxylic acids is 1. The fourth-order valence-electron chi connectivity index (χ4n) is 2.43. The highest BCUT2D eigenvalue weighted by atomic mass is 79.9. The van der Waals surface area contributed by atoms with Crippen LogP contribution in [0, 0.1) is 23.0 Å². The monoisotopic (exact) mass is 326 g/mol. The van der Waals surface area contributed by atoms with E-state index in [9.17, 15) is 14.9 Å². The van der Waals surface area contributed by atoms with Gasteiger partial charge in [0.2, 0.25) is 0 Å². The predicted molar refractivity (Wildman–Crippen MR) is 76.5 cm³/mol. The summed E-state index contributed by atoms with van der Waals surface area (Å²) >= 11 is 3.39. The minimum Gasteiger partial charge on any atom is -0.370 e. The van der Waals surface area contributed by atoms with E-state index in [1.807, 2.05) is 6.07 Å². The van der Waals surface area contributed by atoms with Crippen molar-refractivity contribution in [3.63, 3.8) is 0 Å². The summed E-state index contributed by atoms with van der Waals surface area (Å²) in [5.74, 6) is 0.0520. The van der Waals surface area contributed by atoms with Crippen molar-refractivity contribution in [1.82, 2.24) is 0 Å². The number of carbonyl (C=O) groups is 1.